The molecule has 1 aliphatic heterocycles. The number of anilines is 1. The first kappa shape index (κ1) is 12.2. The Morgan fingerprint density at radius 3 is 2.82 bits per heavy atom. The second-order valence-electron chi connectivity index (χ2n) is 3.20. The number of nitrogens with one attached hydrogen (secondary N) is 1. The molecule has 8 nitrogen and oxygen atoms in total. The number of carbonyl (C=O) groups excluding carboxylic acids is 2. The van der Waals surface area contributed by atoms with Crippen molar-refractivity contribution in [3.63, 3.8) is 0 Å². The lowest BCUT2D eigenvalue weighted by atomic mass is 10.1. The summed E-state index contributed by atoms with van der Waals surface area (Å²) in [5.74, 6) is -2.87. The number of halogens is 1. The normalized spacial score (nSPS) is 24.8. The van der Waals surface area contributed by atoms with Crippen molar-refractivity contribution >= 4 is 39.9 Å². The standard InChI is InChI=1S/C7H7ClN4O4S/c1-12-4(14)2(5(15)16-12)3(13)9-7-11-10-6(8)17-7/h2,4,14H,1H3,(H,9,11,13). The largest absolute Gasteiger partial charge is 0.374 e. The van der Waals surface area contributed by atoms with Crippen LogP contribution in [0, 0.1) is 5.92 Å². The van der Waals surface area contributed by atoms with Gasteiger partial charge in [0.2, 0.25) is 15.5 Å². The van der Waals surface area contributed by atoms with Gasteiger partial charge in [0.1, 0.15) is 0 Å². The molecule has 0 aromatic carbocycles. The van der Waals surface area contributed by atoms with Crippen LogP contribution < -0.4 is 5.32 Å². The molecule has 0 aliphatic carbocycles. The summed E-state index contributed by atoms with van der Waals surface area (Å²) in [5.41, 5.74) is 0. The summed E-state index contributed by atoms with van der Waals surface area (Å²) in [7, 11) is 1.34. The highest BCUT2D eigenvalue weighted by atomic mass is 35.5. The number of hydroxylamine groups is 2. The molecule has 2 unspecified atom stereocenters. The van der Waals surface area contributed by atoms with Crippen LogP contribution in [-0.2, 0) is 14.4 Å². The predicted molar refractivity (Wildman–Crippen MR) is 56.9 cm³/mol. The lowest BCUT2D eigenvalue weighted by Gasteiger charge is -2.12. The molecule has 2 heterocycles. The fraction of sp³-hybridized carbons (Fsp3) is 0.429. The van der Waals surface area contributed by atoms with Crippen molar-refractivity contribution in [3.8, 4) is 0 Å². The van der Waals surface area contributed by atoms with Gasteiger partial charge in [-0.05, 0) is 11.6 Å². The Kier molecular flexibility index (Phi) is 3.24. The minimum atomic E-state index is -1.33. The maximum atomic E-state index is 11.7. The average molecular weight is 279 g/mol. The maximum absolute atomic E-state index is 11.7. The van der Waals surface area contributed by atoms with Crippen molar-refractivity contribution in [3.05, 3.63) is 4.47 Å². The number of aromatic nitrogens is 2. The molecule has 1 saturated heterocycles. The monoisotopic (exact) mass is 278 g/mol. The van der Waals surface area contributed by atoms with Gasteiger partial charge in [-0.25, -0.2) is 4.79 Å². The molecule has 17 heavy (non-hydrogen) atoms. The van der Waals surface area contributed by atoms with Gasteiger partial charge >= 0.3 is 5.97 Å². The van der Waals surface area contributed by atoms with Crippen molar-refractivity contribution < 1.29 is 19.5 Å². The summed E-state index contributed by atoms with van der Waals surface area (Å²) < 4.78 is 0.159. The number of nitrogens with zero attached hydrogens (tertiary/aromatic N) is 3. The molecule has 1 aromatic heterocycles. The maximum Gasteiger partial charge on any atom is 0.341 e. The number of amides is 1. The fourth-order valence-electron chi connectivity index (χ4n) is 1.27. The van der Waals surface area contributed by atoms with Gasteiger partial charge in [0.25, 0.3) is 0 Å². The SMILES string of the molecule is CN1OC(=O)C(C(=O)Nc2nnc(Cl)s2)C1O. The molecule has 1 fully saturated rings. The third-order valence-corrected chi connectivity index (χ3v) is 3.01. The van der Waals surface area contributed by atoms with Gasteiger partial charge in [0, 0.05) is 7.05 Å². The molecule has 2 N–H and O–H groups in total. The zero-order chi connectivity index (χ0) is 12.6. The van der Waals surface area contributed by atoms with Crippen LogP contribution in [0.15, 0.2) is 0 Å². The van der Waals surface area contributed by atoms with E-state index >= 15 is 0 Å². The third kappa shape index (κ3) is 2.36. The second-order valence-corrected chi connectivity index (χ2v) is 4.76. The Morgan fingerprint density at radius 1 is 1.65 bits per heavy atom. The summed E-state index contributed by atoms with van der Waals surface area (Å²) in [6.07, 6.45) is -1.33. The molecule has 10 heteroatoms. The van der Waals surface area contributed by atoms with Crippen molar-refractivity contribution in [2.45, 2.75) is 6.23 Å². The Bertz CT molecular complexity index is 466. The zero-order valence-electron chi connectivity index (χ0n) is 8.45. The molecule has 2 atom stereocenters. The molecule has 0 spiro atoms. The Morgan fingerprint density at radius 2 is 2.35 bits per heavy atom. The number of hydrogen-bond acceptors (Lipinski definition) is 8. The summed E-state index contributed by atoms with van der Waals surface area (Å²) in [4.78, 5) is 27.6. The van der Waals surface area contributed by atoms with Crippen molar-refractivity contribution in [2.24, 2.45) is 5.92 Å². The fourth-order valence-corrected chi connectivity index (χ4v) is 2.00. The number of rotatable bonds is 2. The minimum absolute atomic E-state index is 0.148. The van der Waals surface area contributed by atoms with E-state index in [1.807, 2.05) is 0 Å². The highest BCUT2D eigenvalue weighted by molar-refractivity contribution is 7.19. The lowest BCUT2D eigenvalue weighted by Crippen LogP contribution is -2.37. The van der Waals surface area contributed by atoms with Gasteiger partial charge in [-0.1, -0.05) is 11.3 Å². The Hall–Kier alpha value is -1.29. The summed E-state index contributed by atoms with van der Waals surface area (Å²) >= 11 is 6.47. The first-order valence-corrected chi connectivity index (χ1v) is 5.61. The number of hydrogen-bond donors (Lipinski definition) is 2. The lowest BCUT2D eigenvalue weighted by molar-refractivity contribution is -0.183. The van der Waals surface area contributed by atoms with Gasteiger partial charge in [0.05, 0.1) is 0 Å². The topological polar surface area (TPSA) is 105 Å². The van der Waals surface area contributed by atoms with Crippen LogP contribution in [-0.4, -0.2) is 45.5 Å². The summed E-state index contributed by atoms with van der Waals surface area (Å²) in [5, 5.41) is 19.9. The summed E-state index contributed by atoms with van der Waals surface area (Å²) in [6.45, 7) is 0. The second kappa shape index (κ2) is 4.53. The summed E-state index contributed by atoms with van der Waals surface area (Å²) in [6, 6.07) is 0. The molecule has 92 valence electrons. The van der Waals surface area contributed by atoms with E-state index in [4.69, 9.17) is 11.6 Å². The smallest absolute Gasteiger partial charge is 0.341 e. The highest BCUT2D eigenvalue weighted by Gasteiger charge is 2.45. The average Bonchev–Trinajstić information content (AvgIpc) is 2.73. The van der Waals surface area contributed by atoms with Crippen LogP contribution in [0.5, 0.6) is 0 Å². The molecular weight excluding hydrogens is 272 g/mol. The molecule has 1 aliphatic rings. The first-order valence-electron chi connectivity index (χ1n) is 4.41. The van der Waals surface area contributed by atoms with E-state index in [1.54, 1.807) is 0 Å². The van der Waals surface area contributed by atoms with Crippen LogP contribution in [0.2, 0.25) is 4.47 Å². The predicted octanol–water partition coefficient (Wildman–Crippen LogP) is -0.532. The van der Waals surface area contributed by atoms with Gasteiger partial charge in [-0.3, -0.25) is 10.1 Å². The van der Waals surface area contributed by atoms with E-state index in [9.17, 15) is 14.7 Å². The van der Waals surface area contributed by atoms with E-state index in [2.05, 4.69) is 20.4 Å². The van der Waals surface area contributed by atoms with Crippen LogP contribution >= 0.6 is 22.9 Å². The molecule has 1 aromatic rings. The zero-order valence-corrected chi connectivity index (χ0v) is 10.0. The van der Waals surface area contributed by atoms with E-state index in [1.165, 1.54) is 7.05 Å². The minimum Gasteiger partial charge on any atom is -0.374 e. The number of aliphatic hydroxyl groups is 1. The van der Waals surface area contributed by atoms with Crippen LogP contribution in [0.1, 0.15) is 0 Å². The molecule has 0 bridgehead atoms. The molecule has 2 rings (SSSR count). The van der Waals surface area contributed by atoms with Gasteiger partial charge < -0.3 is 9.94 Å². The van der Waals surface area contributed by atoms with Gasteiger partial charge in [-0.2, -0.15) is 0 Å². The van der Waals surface area contributed by atoms with E-state index in [0.29, 0.717) is 0 Å². The molecule has 0 radical (unpaired) electrons. The number of carbonyl (C=O) groups is 2. The van der Waals surface area contributed by atoms with E-state index in [-0.39, 0.29) is 9.60 Å². The third-order valence-electron chi connectivity index (χ3n) is 2.07. The van der Waals surface area contributed by atoms with Crippen molar-refractivity contribution in [1.29, 1.82) is 0 Å². The van der Waals surface area contributed by atoms with Gasteiger partial charge in [-0.15, -0.1) is 15.3 Å². The van der Waals surface area contributed by atoms with Crippen LogP contribution in [0.4, 0.5) is 5.13 Å². The van der Waals surface area contributed by atoms with Gasteiger partial charge in [0.15, 0.2) is 12.1 Å². The molecule has 1 amide bonds. The highest BCUT2D eigenvalue weighted by Crippen LogP contribution is 2.23. The number of aliphatic hydroxyl groups excluding tert-OH is 1. The van der Waals surface area contributed by atoms with Crippen molar-refractivity contribution in [2.75, 3.05) is 12.4 Å². The molecular formula is C7H7ClN4O4S. The van der Waals surface area contributed by atoms with Crippen molar-refractivity contribution in [1.82, 2.24) is 15.3 Å². The molecule has 0 saturated carbocycles. The Balaban J connectivity index is 2.08. The van der Waals surface area contributed by atoms with Crippen LogP contribution in [0.3, 0.4) is 0 Å². The first-order chi connectivity index (χ1) is 7.99. The van der Waals surface area contributed by atoms with E-state index < -0.39 is 24.0 Å². The van der Waals surface area contributed by atoms with Crippen LogP contribution in [0.25, 0.3) is 0 Å². The van der Waals surface area contributed by atoms with E-state index in [0.717, 1.165) is 16.4 Å². The quantitative estimate of drug-likeness (QED) is 0.701. The Labute approximate surface area is 104 Å².